The Kier molecular flexibility index (Phi) is 3.37. The molecular weight excluding hydrogens is 248 g/mol. The van der Waals surface area contributed by atoms with Crippen LogP contribution in [0.3, 0.4) is 0 Å². The maximum absolute atomic E-state index is 11.8. The summed E-state index contributed by atoms with van der Waals surface area (Å²) in [5.41, 5.74) is 6.62. The molecule has 19 heavy (non-hydrogen) atoms. The molecule has 0 aliphatic rings. The molecule has 0 fully saturated rings. The van der Waals surface area contributed by atoms with E-state index in [-0.39, 0.29) is 11.4 Å². The highest BCUT2D eigenvalue weighted by Gasteiger charge is 2.11. The number of rotatable bonds is 3. The van der Waals surface area contributed by atoms with Gasteiger partial charge >= 0.3 is 0 Å². The van der Waals surface area contributed by atoms with E-state index in [2.05, 4.69) is 10.3 Å². The fourth-order valence-corrected chi connectivity index (χ4v) is 1.39. The van der Waals surface area contributed by atoms with Crippen molar-refractivity contribution >= 4 is 23.0 Å². The van der Waals surface area contributed by atoms with Gasteiger partial charge in [-0.25, -0.2) is 4.98 Å². The van der Waals surface area contributed by atoms with Gasteiger partial charge in [-0.1, -0.05) is 0 Å². The zero-order valence-corrected chi connectivity index (χ0v) is 9.74. The van der Waals surface area contributed by atoms with Crippen LogP contribution in [0.2, 0.25) is 0 Å². The van der Waals surface area contributed by atoms with Crippen molar-refractivity contribution in [2.45, 2.75) is 0 Å². The molecule has 0 aliphatic carbocycles. The van der Waals surface area contributed by atoms with Crippen molar-refractivity contribution in [3.8, 4) is 0 Å². The summed E-state index contributed by atoms with van der Waals surface area (Å²) in [7, 11) is 0. The lowest BCUT2D eigenvalue weighted by Gasteiger charge is -2.04. The molecule has 1 amide bonds. The van der Waals surface area contributed by atoms with Crippen molar-refractivity contribution in [3.05, 3.63) is 58.4 Å². The van der Waals surface area contributed by atoms with E-state index in [4.69, 9.17) is 5.73 Å². The van der Waals surface area contributed by atoms with E-state index in [0.29, 0.717) is 11.4 Å². The van der Waals surface area contributed by atoms with Crippen LogP contribution in [0, 0.1) is 10.1 Å². The summed E-state index contributed by atoms with van der Waals surface area (Å²) >= 11 is 0. The van der Waals surface area contributed by atoms with Crippen LogP contribution in [0.4, 0.5) is 17.1 Å². The minimum atomic E-state index is -0.575. The van der Waals surface area contributed by atoms with Gasteiger partial charge in [-0.05, 0) is 30.3 Å². The van der Waals surface area contributed by atoms with E-state index in [1.807, 2.05) is 0 Å². The normalized spacial score (nSPS) is 9.89. The number of benzene rings is 1. The number of nitrogens with zero attached hydrogens (tertiary/aromatic N) is 2. The van der Waals surface area contributed by atoms with Gasteiger partial charge in [0.2, 0.25) is 0 Å². The summed E-state index contributed by atoms with van der Waals surface area (Å²) in [5.74, 6) is -0.445. The molecule has 7 nitrogen and oxygen atoms in total. The summed E-state index contributed by atoms with van der Waals surface area (Å²) < 4.78 is 0. The van der Waals surface area contributed by atoms with Gasteiger partial charge in [0.15, 0.2) is 0 Å². The van der Waals surface area contributed by atoms with Crippen molar-refractivity contribution in [2.75, 3.05) is 11.1 Å². The predicted octanol–water partition coefficient (Wildman–Crippen LogP) is 1.82. The van der Waals surface area contributed by atoms with Crippen molar-refractivity contribution in [1.29, 1.82) is 0 Å². The summed E-state index contributed by atoms with van der Waals surface area (Å²) in [5, 5.41) is 13.1. The lowest BCUT2D eigenvalue weighted by Crippen LogP contribution is -2.13. The second-order valence-electron chi connectivity index (χ2n) is 3.73. The number of carbonyl (C=O) groups is 1. The molecule has 0 saturated heterocycles. The first-order chi connectivity index (χ1) is 9.06. The molecule has 0 radical (unpaired) electrons. The van der Waals surface area contributed by atoms with Crippen LogP contribution in [0.25, 0.3) is 0 Å². The number of aromatic nitrogens is 1. The first-order valence-corrected chi connectivity index (χ1v) is 5.33. The Bertz CT molecular complexity index is 608. The molecular formula is C12H10N4O3. The molecule has 0 aliphatic heterocycles. The molecule has 0 bridgehead atoms. The molecule has 3 N–H and O–H groups in total. The highest BCUT2D eigenvalue weighted by molar-refractivity contribution is 6.02. The van der Waals surface area contributed by atoms with Gasteiger partial charge in [0, 0.05) is 17.4 Å². The third-order valence-corrected chi connectivity index (χ3v) is 2.36. The summed E-state index contributed by atoms with van der Waals surface area (Å²) in [6.07, 6.45) is 1.04. The van der Waals surface area contributed by atoms with Crippen LogP contribution in [0.15, 0.2) is 42.6 Å². The monoisotopic (exact) mass is 258 g/mol. The molecule has 0 unspecified atom stereocenters. The van der Waals surface area contributed by atoms with Crippen LogP contribution in [-0.2, 0) is 0 Å². The smallest absolute Gasteiger partial charge is 0.287 e. The van der Waals surface area contributed by atoms with E-state index in [1.54, 1.807) is 24.3 Å². The van der Waals surface area contributed by atoms with Crippen molar-refractivity contribution < 1.29 is 9.72 Å². The molecule has 0 spiro atoms. The number of nitrogens with one attached hydrogen (secondary N) is 1. The van der Waals surface area contributed by atoms with Gasteiger partial charge in [-0.3, -0.25) is 14.9 Å². The van der Waals surface area contributed by atoms with Gasteiger partial charge in [-0.15, -0.1) is 0 Å². The second-order valence-corrected chi connectivity index (χ2v) is 3.73. The van der Waals surface area contributed by atoms with E-state index in [0.717, 1.165) is 6.20 Å². The van der Waals surface area contributed by atoms with Gasteiger partial charge in [-0.2, -0.15) is 0 Å². The largest absolute Gasteiger partial charge is 0.399 e. The quantitative estimate of drug-likeness (QED) is 0.495. The van der Waals surface area contributed by atoms with Gasteiger partial charge in [0.1, 0.15) is 11.9 Å². The Labute approximate surface area is 108 Å². The zero-order valence-electron chi connectivity index (χ0n) is 9.74. The number of nitrogen functional groups attached to an aromatic ring is 1. The van der Waals surface area contributed by atoms with Crippen LogP contribution in [0.1, 0.15) is 10.5 Å². The summed E-state index contributed by atoms with van der Waals surface area (Å²) in [4.78, 5) is 25.4. The molecule has 1 heterocycles. The topological polar surface area (TPSA) is 111 Å². The second kappa shape index (κ2) is 5.13. The van der Waals surface area contributed by atoms with Crippen LogP contribution >= 0.6 is 0 Å². The third kappa shape index (κ3) is 3.03. The van der Waals surface area contributed by atoms with Crippen molar-refractivity contribution in [3.63, 3.8) is 0 Å². The maximum Gasteiger partial charge on any atom is 0.287 e. The lowest BCUT2D eigenvalue weighted by molar-refractivity contribution is -0.385. The highest BCUT2D eigenvalue weighted by Crippen LogP contribution is 2.13. The molecule has 0 saturated carbocycles. The maximum atomic E-state index is 11.8. The Morgan fingerprint density at radius 1 is 1.21 bits per heavy atom. The average molecular weight is 258 g/mol. The highest BCUT2D eigenvalue weighted by atomic mass is 16.6. The molecule has 96 valence electrons. The molecule has 7 heteroatoms. The molecule has 2 aromatic rings. The first-order valence-electron chi connectivity index (χ1n) is 5.33. The Morgan fingerprint density at radius 2 is 1.89 bits per heavy atom. The average Bonchev–Trinajstić information content (AvgIpc) is 2.41. The summed E-state index contributed by atoms with van der Waals surface area (Å²) in [6.45, 7) is 0. The number of hydrogen-bond donors (Lipinski definition) is 2. The first kappa shape index (κ1) is 12.5. The van der Waals surface area contributed by atoms with Crippen LogP contribution in [0.5, 0.6) is 0 Å². The molecule has 2 rings (SSSR count). The van der Waals surface area contributed by atoms with E-state index in [9.17, 15) is 14.9 Å². The van der Waals surface area contributed by atoms with Crippen molar-refractivity contribution in [1.82, 2.24) is 4.98 Å². The van der Waals surface area contributed by atoms with E-state index in [1.165, 1.54) is 12.1 Å². The van der Waals surface area contributed by atoms with Gasteiger partial charge in [0.05, 0.1) is 4.92 Å². The number of amides is 1. The number of nitro groups is 1. The number of pyridine rings is 1. The standard InChI is InChI=1S/C12H10N4O3/c13-8-1-3-9(4-2-8)15-12(17)11-6-5-10(7-14-11)16(18)19/h1-7H,13H2,(H,15,17). The Balaban J connectivity index is 2.11. The number of nitrogens with two attached hydrogens (primary N) is 1. The summed E-state index contributed by atoms with van der Waals surface area (Å²) in [6, 6.07) is 9.13. The Morgan fingerprint density at radius 3 is 2.42 bits per heavy atom. The zero-order chi connectivity index (χ0) is 13.8. The predicted molar refractivity (Wildman–Crippen MR) is 69.7 cm³/mol. The number of carbonyl (C=O) groups excluding carboxylic acids is 1. The van der Waals surface area contributed by atoms with Gasteiger partial charge < -0.3 is 11.1 Å². The minimum absolute atomic E-state index is 0.0995. The van der Waals surface area contributed by atoms with Gasteiger partial charge in [0.25, 0.3) is 11.6 Å². The fraction of sp³-hybridized carbons (Fsp3) is 0. The minimum Gasteiger partial charge on any atom is -0.399 e. The molecule has 1 aromatic heterocycles. The molecule has 1 aromatic carbocycles. The van der Waals surface area contributed by atoms with Crippen molar-refractivity contribution in [2.24, 2.45) is 0 Å². The van der Waals surface area contributed by atoms with Crippen LogP contribution in [-0.4, -0.2) is 15.8 Å². The number of hydrogen-bond acceptors (Lipinski definition) is 5. The third-order valence-electron chi connectivity index (χ3n) is 2.36. The number of anilines is 2. The van der Waals surface area contributed by atoms with Crippen LogP contribution < -0.4 is 11.1 Å². The SMILES string of the molecule is Nc1ccc(NC(=O)c2ccc([N+](=O)[O-])cn2)cc1. The van der Waals surface area contributed by atoms with E-state index >= 15 is 0 Å². The Hall–Kier alpha value is -2.96. The lowest BCUT2D eigenvalue weighted by atomic mass is 10.2. The molecule has 0 atom stereocenters. The fourth-order valence-electron chi connectivity index (χ4n) is 1.39. The van der Waals surface area contributed by atoms with E-state index < -0.39 is 10.8 Å².